The van der Waals surface area contributed by atoms with Crippen molar-refractivity contribution in [2.75, 3.05) is 6.61 Å². The molecule has 0 amide bonds. The fourth-order valence-corrected chi connectivity index (χ4v) is 4.10. The Morgan fingerprint density at radius 3 is 2.45 bits per heavy atom. The van der Waals surface area contributed by atoms with Crippen LogP contribution in [0.2, 0.25) is 5.02 Å². The quantitative estimate of drug-likeness (QED) is 0.839. The second-order valence-corrected chi connectivity index (χ2v) is 7.41. The molecule has 2 atom stereocenters. The smallest absolute Gasteiger partial charge is 0.240 e. The number of hydrogen-bond acceptors (Lipinski definition) is 3. The van der Waals surface area contributed by atoms with Crippen LogP contribution < -0.4 is 4.72 Å². The molecule has 4 nitrogen and oxygen atoms in total. The van der Waals surface area contributed by atoms with Crippen LogP contribution in [0.15, 0.2) is 29.2 Å². The second-order valence-electron chi connectivity index (χ2n) is 5.26. The summed E-state index contributed by atoms with van der Waals surface area (Å²) in [6.45, 7) is 0.0216. The molecule has 0 aromatic heterocycles. The summed E-state index contributed by atoms with van der Waals surface area (Å²) in [5.41, 5.74) is 0. The lowest BCUT2D eigenvalue weighted by Crippen LogP contribution is -2.41. The van der Waals surface area contributed by atoms with Crippen molar-refractivity contribution >= 4 is 21.6 Å². The summed E-state index contributed by atoms with van der Waals surface area (Å²) in [5.74, 6) is -0.000393. The molecule has 6 heteroatoms. The Kier molecular flexibility index (Phi) is 5.43. The summed E-state index contributed by atoms with van der Waals surface area (Å²) < 4.78 is 27.4. The summed E-state index contributed by atoms with van der Waals surface area (Å²) in [5, 5.41) is 9.94. The van der Waals surface area contributed by atoms with Crippen molar-refractivity contribution in [2.45, 2.75) is 43.0 Å². The Labute approximate surface area is 125 Å². The van der Waals surface area contributed by atoms with Crippen LogP contribution >= 0.6 is 11.6 Å². The van der Waals surface area contributed by atoms with E-state index in [1.165, 1.54) is 12.1 Å². The first-order valence-electron chi connectivity index (χ1n) is 6.91. The van der Waals surface area contributed by atoms with Crippen LogP contribution in [-0.4, -0.2) is 26.2 Å². The lowest BCUT2D eigenvalue weighted by Gasteiger charge is -2.24. The van der Waals surface area contributed by atoms with Crippen molar-refractivity contribution in [3.05, 3.63) is 29.3 Å². The maximum Gasteiger partial charge on any atom is 0.240 e. The average molecular weight is 318 g/mol. The minimum absolute atomic E-state index is 0.000393. The first-order valence-corrected chi connectivity index (χ1v) is 8.78. The van der Waals surface area contributed by atoms with E-state index in [9.17, 15) is 13.5 Å². The summed E-state index contributed by atoms with van der Waals surface area (Å²) in [6, 6.07) is 5.92. The van der Waals surface area contributed by atoms with Crippen LogP contribution in [-0.2, 0) is 10.0 Å². The van der Waals surface area contributed by atoms with Crippen LogP contribution in [0.4, 0.5) is 0 Å². The fourth-order valence-electron chi connectivity index (χ4n) is 2.64. The van der Waals surface area contributed by atoms with E-state index in [2.05, 4.69) is 4.72 Å². The molecule has 0 unspecified atom stereocenters. The summed E-state index contributed by atoms with van der Waals surface area (Å²) in [4.78, 5) is 0.211. The van der Waals surface area contributed by atoms with Crippen molar-refractivity contribution in [3.63, 3.8) is 0 Å². The number of benzene rings is 1. The molecule has 2 N–H and O–H groups in total. The highest BCUT2D eigenvalue weighted by atomic mass is 35.5. The number of nitrogens with one attached hydrogen (secondary N) is 1. The summed E-state index contributed by atoms with van der Waals surface area (Å²) in [6.07, 6.45) is 4.77. The van der Waals surface area contributed by atoms with Gasteiger partial charge in [-0.15, -0.1) is 0 Å². The molecule has 0 aliphatic heterocycles. The van der Waals surface area contributed by atoms with Crippen molar-refractivity contribution < 1.29 is 13.5 Å². The van der Waals surface area contributed by atoms with Gasteiger partial charge in [0.15, 0.2) is 0 Å². The second kappa shape index (κ2) is 6.89. The Morgan fingerprint density at radius 2 is 1.80 bits per heavy atom. The lowest BCUT2D eigenvalue weighted by atomic mass is 9.97. The maximum absolute atomic E-state index is 12.3. The molecule has 1 aromatic rings. The van der Waals surface area contributed by atoms with Gasteiger partial charge in [0.05, 0.1) is 4.90 Å². The zero-order valence-electron chi connectivity index (χ0n) is 11.3. The van der Waals surface area contributed by atoms with Gasteiger partial charge in [0.1, 0.15) is 0 Å². The highest BCUT2D eigenvalue weighted by Crippen LogP contribution is 2.25. The molecule has 0 heterocycles. The van der Waals surface area contributed by atoms with Crippen LogP contribution in [0.25, 0.3) is 0 Å². The largest absolute Gasteiger partial charge is 0.396 e. The van der Waals surface area contributed by atoms with Gasteiger partial charge < -0.3 is 5.11 Å². The SMILES string of the molecule is O=S(=O)(N[C@@H]1CCCCC[C@@H]1CO)c1ccc(Cl)cc1. The normalized spacial score (nSPS) is 24.3. The zero-order chi connectivity index (χ0) is 14.6. The maximum atomic E-state index is 12.3. The molecule has 2 rings (SSSR count). The number of hydrogen-bond donors (Lipinski definition) is 2. The highest BCUT2D eigenvalue weighted by molar-refractivity contribution is 7.89. The van der Waals surface area contributed by atoms with Crippen LogP contribution in [0.1, 0.15) is 32.1 Å². The molecular formula is C14H20ClNO3S. The number of halogens is 1. The molecule has 0 spiro atoms. The predicted octanol–water partition coefficient (Wildman–Crippen LogP) is 2.56. The van der Waals surface area contributed by atoms with Crippen molar-refractivity contribution in [2.24, 2.45) is 5.92 Å². The molecule has 112 valence electrons. The molecule has 1 saturated carbocycles. The Hall–Kier alpha value is -0.620. The third-order valence-electron chi connectivity index (χ3n) is 3.82. The van der Waals surface area contributed by atoms with E-state index in [4.69, 9.17) is 11.6 Å². The van der Waals surface area contributed by atoms with Gasteiger partial charge in [-0.25, -0.2) is 13.1 Å². The number of aliphatic hydroxyl groups excluding tert-OH is 1. The molecule has 1 aliphatic rings. The molecular weight excluding hydrogens is 298 g/mol. The molecule has 0 saturated heterocycles. The highest BCUT2D eigenvalue weighted by Gasteiger charge is 2.27. The van der Waals surface area contributed by atoms with Crippen LogP contribution in [0.3, 0.4) is 0 Å². The van der Waals surface area contributed by atoms with Gasteiger partial charge in [0.25, 0.3) is 0 Å². The number of sulfonamides is 1. The van der Waals surface area contributed by atoms with E-state index in [1.807, 2.05) is 0 Å². The molecule has 1 aliphatic carbocycles. The molecule has 0 radical (unpaired) electrons. The zero-order valence-corrected chi connectivity index (χ0v) is 12.8. The fraction of sp³-hybridized carbons (Fsp3) is 0.571. The van der Waals surface area contributed by atoms with E-state index in [-0.39, 0.29) is 23.5 Å². The Morgan fingerprint density at radius 1 is 1.15 bits per heavy atom. The standard InChI is InChI=1S/C14H20ClNO3S/c15-12-6-8-13(9-7-12)20(18,19)16-14-5-3-1-2-4-11(14)10-17/h6-9,11,14,16-17H,1-5,10H2/t11-,14-/m1/s1. The Balaban J connectivity index is 2.15. The summed E-state index contributed by atoms with van der Waals surface area (Å²) >= 11 is 5.77. The third kappa shape index (κ3) is 3.95. The predicted molar refractivity (Wildman–Crippen MR) is 79.2 cm³/mol. The minimum atomic E-state index is -3.56. The first-order chi connectivity index (χ1) is 9.53. The van der Waals surface area contributed by atoms with E-state index in [0.29, 0.717) is 5.02 Å². The average Bonchev–Trinajstić information content (AvgIpc) is 2.63. The van der Waals surface area contributed by atoms with Gasteiger partial charge in [0, 0.05) is 17.7 Å². The molecule has 1 aromatic carbocycles. The van der Waals surface area contributed by atoms with Crippen LogP contribution in [0, 0.1) is 5.92 Å². The van der Waals surface area contributed by atoms with Gasteiger partial charge in [0.2, 0.25) is 10.0 Å². The van der Waals surface area contributed by atoms with Gasteiger partial charge in [-0.2, -0.15) is 0 Å². The van der Waals surface area contributed by atoms with Crippen molar-refractivity contribution in [3.8, 4) is 0 Å². The third-order valence-corrected chi connectivity index (χ3v) is 5.58. The van der Waals surface area contributed by atoms with E-state index < -0.39 is 10.0 Å². The van der Waals surface area contributed by atoms with E-state index in [1.54, 1.807) is 12.1 Å². The molecule has 20 heavy (non-hydrogen) atoms. The Bertz CT molecular complexity index is 530. The van der Waals surface area contributed by atoms with Gasteiger partial charge in [-0.3, -0.25) is 0 Å². The van der Waals surface area contributed by atoms with E-state index in [0.717, 1.165) is 32.1 Å². The number of rotatable bonds is 4. The lowest BCUT2D eigenvalue weighted by molar-refractivity contribution is 0.191. The number of aliphatic hydroxyl groups is 1. The van der Waals surface area contributed by atoms with Crippen molar-refractivity contribution in [1.29, 1.82) is 0 Å². The van der Waals surface area contributed by atoms with Gasteiger partial charge in [-0.05, 0) is 43.0 Å². The molecule has 0 bridgehead atoms. The van der Waals surface area contributed by atoms with Crippen molar-refractivity contribution in [1.82, 2.24) is 4.72 Å². The van der Waals surface area contributed by atoms with Gasteiger partial charge >= 0.3 is 0 Å². The van der Waals surface area contributed by atoms with E-state index >= 15 is 0 Å². The molecule has 1 fully saturated rings. The topological polar surface area (TPSA) is 66.4 Å². The van der Waals surface area contributed by atoms with Crippen LogP contribution in [0.5, 0.6) is 0 Å². The monoisotopic (exact) mass is 317 g/mol. The van der Waals surface area contributed by atoms with Gasteiger partial charge in [-0.1, -0.05) is 30.9 Å². The first kappa shape index (κ1) is 15.8. The minimum Gasteiger partial charge on any atom is -0.396 e. The summed E-state index contributed by atoms with van der Waals surface area (Å²) in [7, 11) is -3.56.